The fourth-order valence-electron chi connectivity index (χ4n) is 4.85. The van der Waals surface area contributed by atoms with Gasteiger partial charge in [0, 0.05) is 36.2 Å². The lowest BCUT2D eigenvalue weighted by atomic mass is 9.85. The van der Waals surface area contributed by atoms with Gasteiger partial charge in [0.15, 0.2) is 0 Å². The maximum atomic E-state index is 13.7. The van der Waals surface area contributed by atoms with Gasteiger partial charge < -0.3 is 14.4 Å². The molecule has 4 heterocycles. The van der Waals surface area contributed by atoms with Gasteiger partial charge in [-0.1, -0.05) is 18.2 Å². The summed E-state index contributed by atoms with van der Waals surface area (Å²) >= 11 is 0. The third-order valence-electron chi connectivity index (χ3n) is 6.51. The molecule has 182 valence electrons. The molecule has 1 fully saturated rings. The minimum atomic E-state index is -4.58. The average molecular weight is 484 g/mol. The van der Waals surface area contributed by atoms with Gasteiger partial charge in [0.1, 0.15) is 17.3 Å². The first-order valence-corrected chi connectivity index (χ1v) is 11.2. The molecule has 1 saturated heterocycles. The van der Waals surface area contributed by atoms with Gasteiger partial charge in [-0.3, -0.25) is 4.79 Å². The van der Waals surface area contributed by atoms with E-state index >= 15 is 0 Å². The monoisotopic (exact) mass is 484 g/mol. The maximum absolute atomic E-state index is 13.7. The summed E-state index contributed by atoms with van der Waals surface area (Å²) in [6.07, 6.45) is -2.96. The second kappa shape index (κ2) is 8.83. The molecule has 1 aromatic carbocycles. The zero-order chi connectivity index (χ0) is 24.7. The van der Waals surface area contributed by atoms with Crippen LogP contribution in [0.3, 0.4) is 0 Å². The van der Waals surface area contributed by atoms with Gasteiger partial charge in [-0.05, 0) is 32.0 Å². The van der Waals surface area contributed by atoms with Crippen LogP contribution in [0.4, 0.5) is 13.2 Å². The first kappa shape index (κ1) is 23.1. The molecule has 3 aromatic rings. The number of aryl methyl sites for hydroxylation is 2. The third-order valence-corrected chi connectivity index (χ3v) is 6.51. The summed E-state index contributed by atoms with van der Waals surface area (Å²) in [5.74, 6) is 1.23. The van der Waals surface area contributed by atoms with Crippen molar-refractivity contribution < 1.29 is 27.4 Å². The van der Waals surface area contributed by atoms with Crippen LogP contribution >= 0.6 is 0 Å². The number of carbonyl (C=O) groups is 1. The Morgan fingerprint density at radius 1 is 1.14 bits per heavy atom. The number of para-hydroxylation sites is 1. The molecule has 0 unspecified atom stereocenters. The van der Waals surface area contributed by atoms with Gasteiger partial charge in [-0.2, -0.15) is 18.2 Å². The zero-order valence-electron chi connectivity index (χ0n) is 19.1. The minimum Gasteiger partial charge on any atom is -0.493 e. The molecule has 7 nitrogen and oxygen atoms in total. The highest BCUT2D eigenvalue weighted by Gasteiger charge is 2.48. The number of hydrogen-bond donors (Lipinski definition) is 0. The highest BCUT2D eigenvalue weighted by molar-refractivity contribution is 5.95. The summed E-state index contributed by atoms with van der Waals surface area (Å²) in [5.41, 5.74) is 0.0373. The number of benzene rings is 1. The van der Waals surface area contributed by atoms with Crippen molar-refractivity contribution in [1.82, 2.24) is 19.9 Å². The van der Waals surface area contributed by atoms with Gasteiger partial charge >= 0.3 is 6.18 Å². The van der Waals surface area contributed by atoms with Crippen molar-refractivity contribution in [1.29, 1.82) is 0 Å². The molecule has 35 heavy (non-hydrogen) atoms. The van der Waals surface area contributed by atoms with Crippen LogP contribution in [-0.2, 0) is 6.18 Å². The van der Waals surface area contributed by atoms with Crippen LogP contribution in [0.1, 0.15) is 39.2 Å². The molecule has 5 rings (SSSR count). The molecule has 2 aliphatic heterocycles. The van der Waals surface area contributed by atoms with E-state index in [0.717, 1.165) is 11.6 Å². The molecule has 1 amide bonds. The molecule has 0 aliphatic carbocycles. The van der Waals surface area contributed by atoms with Crippen molar-refractivity contribution >= 4 is 5.91 Å². The van der Waals surface area contributed by atoms with Gasteiger partial charge in [0.25, 0.3) is 5.91 Å². The Morgan fingerprint density at radius 2 is 1.94 bits per heavy atom. The van der Waals surface area contributed by atoms with E-state index in [-0.39, 0.29) is 35.0 Å². The van der Waals surface area contributed by atoms with Gasteiger partial charge in [-0.15, -0.1) is 0 Å². The first-order valence-electron chi connectivity index (χ1n) is 11.2. The Kier molecular flexibility index (Phi) is 5.82. The lowest BCUT2D eigenvalue weighted by Crippen LogP contribution is -2.36. The van der Waals surface area contributed by atoms with E-state index in [4.69, 9.17) is 9.47 Å². The first-order chi connectivity index (χ1) is 16.7. The van der Waals surface area contributed by atoms with Crippen LogP contribution in [0.25, 0.3) is 0 Å². The SMILES string of the molecule is Cc1nccc(OC[C@@H]2CN(C(=O)c3ccc(C(F)(F)F)nc3C)[C@H]3c4ccccc4OC[C@@H]23)n1. The molecule has 0 spiro atoms. The molecule has 0 N–H and O–H groups in total. The molecule has 10 heteroatoms. The highest BCUT2D eigenvalue weighted by atomic mass is 19.4. The van der Waals surface area contributed by atoms with E-state index in [1.54, 1.807) is 24.1 Å². The second-order valence-corrected chi connectivity index (χ2v) is 8.76. The summed E-state index contributed by atoms with van der Waals surface area (Å²) in [5, 5.41) is 0. The second-order valence-electron chi connectivity index (χ2n) is 8.76. The largest absolute Gasteiger partial charge is 0.493 e. The number of ether oxygens (including phenoxy) is 2. The number of carbonyl (C=O) groups excluding carboxylic acids is 1. The highest BCUT2D eigenvalue weighted by Crippen LogP contribution is 2.48. The standard InChI is InChI=1S/C25H23F3N4O3/c1-14-17(7-8-21(30-14)25(26,27)28)24(33)32-11-16(12-35-22-9-10-29-15(2)31-22)19-13-34-20-6-4-3-5-18(20)23(19)32/h3-10,16,19,23H,11-13H2,1-2H3/t16-,19-,23-/m0/s1. The van der Waals surface area contributed by atoms with Gasteiger partial charge in [-0.25, -0.2) is 9.97 Å². The van der Waals surface area contributed by atoms with Crippen LogP contribution in [0, 0.1) is 25.7 Å². The van der Waals surface area contributed by atoms with Crippen LogP contribution in [-0.4, -0.2) is 45.5 Å². The molecule has 0 saturated carbocycles. The average Bonchev–Trinajstić information content (AvgIpc) is 3.21. The van der Waals surface area contributed by atoms with Crippen molar-refractivity contribution in [3.8, 4) is 11.6 Å². The number of hydrogen-bond acceptors (Lipinski definition) is 6. The van der Waals surface area contributed by atoms with Crippen molar-refractivity contribution in [2.75, 3.05) is 19.8 Å². The molecule has 2 aliphatic rings. The summed E-state index contributed by atoms with van der Waals surface area (Å²) in [6.45, 7) is 4.25. The zero-order valence-corrected chi connectivity index (χ0v) is 19.1. The van der Waals surface area contributed by atoms with Crippen LogP contribution in [0.15, 0.2) is 48.7 Å². The lowest BCUT2D eigenvalue weighted by Gasteiger charge is -2.34. The van der Waals surface area contributed by atoms with E-state index in [1.165, 1.54) is 13.0 Å². The quantitative estimate of drug-likeness (QED) is 0.546. The third kappa shape index (κ3) is 4.40. The number of nitrogens with zero attached hydrogens (tertiary/aromatic N) is 4. The number of aromatic nitrogens is 3. The van der Waals surface area contributed by atoms with Crippen LogP contribution in [0.2, 0.25) is 0 Å². The van der Waals surface area contributed by atoms with Crippen molar-refractivity contribution in [3.63, 3.8) is 0 Å². The smallest absolute Gasteiger partial charge is 0.433 e. The number of likely N-dealkylation sites (tertiary alicyclic amines) is 1. The van der Waals surface area contributed by atoms with E-state index in [1.807, 2.05) is 24.3 Å². The van der Waals surface area contributed by atoms with E-state index in [0.29, 0.717) is 37.2 Å². The summed E-state index contributed by atoms with van der Waals surface area (Å²) in [7, 11) is 0. The fourth-order valence-corrected chi connectivity index (χ4v) is 4.85. The Morgan fingerprint density at radius 3 is 2.69 bits per heavy atom. The summed E-state index contributed by atoms with van der Waals surface area (Å²) in [4.78, 5) is 27.4. The topological polar surface area (TPSA) is 77.4 Å². The summed E-state index contributed by atoms with van der Waals surface area (Å²) < 4.78 is 51.2. The number of pyridine rings is 1. The molecular weight excluding hydrogens is 461 g/mol. The van der Waals surface area contributed by atoms with Crippen molar-refractivity contribution in [3.05, 3.63) is 77.0 Å². The Balaban J connectivity index is 1.46. The van der Waals surface area contributed by atoms with E-state index < -0.39 is 11.9 Å². The predicted octanol–water partition coefficient (Wildman–Crippen LogP) is 4.41. The Bertz CT molecular complexity index is 1270. The fraction of sp³-hybridized carbons (Fsp3) is 0.360. The van der Waals surface area contributed by atoms with Gasteiger partial charge in [0.05, 0.1) is 30.5 Å². The predicted molar refractivity (Wildman–Crippen MR) is 119 cm³/mol. The van der Waals surface area contributed by atoms with Gasteiger partial charge in [0.2, 0.25) is 5.88 Å². The number of rotatable bonds is 4. The van der Waals surface area contributed by atoms with Crippen molar-refractivity contribution in [2.24, 2.45) is 11.8 Å². The van der Waals surface area contributed by atoms with Crippen molar-refractivity contribution in [2.45, 2.75) is 26.1 Å². The molecule has 2 aromatic heterocycles. The number of alkyl halides is 3. The number of fused-ring (bicyclic) bond motifs is 3. The molecule has 3 atom stereocenters. The van der Waals surface area contributed by atoms with E-state index in [2.05, 4.69) is 15.0 Å². The van der Waals surface area contributed by atoms with Crippen LogP contribution in [0.5, 0.6) is 11.6 Å². The number of halogens is 3. The molecule has 0 bridgehead atoms. The normalized spacial score (nSPS) is 21.2. The van der Waals surface area contributed by atoms with Crippen LogP contribution < -0.4 is 9.47 Å². The number of amides is 1. The molecule has 0 radical (unpaired) electrons. The Hall–Kier alpha value is -3.69. The molecular formula is C25H23F3N4O3. The maximum Gasteiger partial charge on any atom is 0.433 e. The Labute approximate surface area is 199 Å². The minimum absolute atomic E-state index is 0.0397. The van der Waals surface area contributed by atoms with E-state index in [9.17, 15) is 18.0 Å². The summed E-state index contributed by atoms with van der Waals surface area (Å²) in [6, 6.07) is 11.0. The lowest BCUT2D eigenvalue weighted by molar-refractivity contribution is -0.141.